The Morgan fingerprint density at radius 2 is 2.00 bits per heavy atom. The van der Waals surface area contributed by atoms with E-state index in [2.05, 4.69) is 22.4 Å². The van der Waals surface area contributed by atoms with Crippen molar-refractivity contribution in [2.24, 2.45) is 7.05 Å². The van der Waals surface area contributed by atoms with E-state index in [0.29, 0.717) is 11.0 Å². The Hall–Kier alpha value is -2.63. The summed E-state index contributed by atoms with van der Waals surface area (Å²) in [6, 6.07) is 5.94. The van der Waals surface area contributed by atoms with Gasteiger partial charge < -0.3 is 0 Å². The van der Waals surface area contributed by atoms with Gasteiger partial charge in [-0.05, 0) is 37.1 Å². The summed E-state index contributed by atoms with van der Waals surface area (Å²) in [7, 11) is 1.76. The second kappa shape index (κ2) is 4.48. The van der Waals surface area contributed by atoms with Crippen LogP contribution in [-0.4, -0.2) is 19.4 Å². The minimum Gasteiger partial charge on any atom is -0.290 e. The molecule has 20 heavy (non-hydrogen) atoms. The molecule has 0 atom stereocenters. The van der Waals surface area contributed by atoms with Gasteiger partial charge in [-0.25, -0.2) is 9.66 Å². The molecule has 0 fully saturated rings. The van der Waals surface area contributed by atoms with Crippen molar-refractivity contribution in [1.29, 1.82) is 0 Å². The molecular weight excluding hydrogens is 254 g/mol. The third kappa shape index (κ3) is 1.95. The first kappa shape index (κ1) is 12.4. The van der Waals surface area contributed by atoms with Crippen molar-refractivity contribution < 1.29 is 0 Å². The molecule has 3 aromatic rings. The summed E-state index contributed by atoms with van der Waals surface area (Å²) in [6.45, 7) is 4.08. The van der Waals surface area contributed by atoms with E-state index in [9.17, 15) is 4.79 Å². The van der Waals surface area contributed by atoms with E-state index in [-0.39, 0.29) is 5.56 Å². The van der Waals surface area contributed by atoms with Crippen molar-refractivity contribution in [3.63, 3.8) is 0 Å². The smallest absolute Gasteiger partial charge is 0.283 e. The van der Waals surface area contributed by atoms with Gasteiger partial charge in [-0.3, -0.25) is 14.9 Å². The largest absolute Gasteiger partial charge is 0.290 e. The number of anilines is 1. The number of fused-ring (bicyclic) bond motifs is 1. The molecule has 0 aliphatic carbocycles. The number of aromatic nitrogens is 4. The Morgan fingerprint density at radius 1 is 1.20 bits per heavy atom. The molecule has 2 heterocycles. The van der Waals surface area contributed by atoms with Crippen LogP contribution in [0.1, 0.15) is 11.1 Å². The quantitative estimate of drug-likeness (QED) is 0.768. The number of hydrogen-bond acceptors (Lipinski definition) is 4. The zero-order valence-corrected chi connectivity index (χ0v) is 11.6. The van der Waals surface area contributed by atoms with Crippen molar-refractivity contribution >= 4 is 16.7 Å². The third-order valence-corrected chi connectivity index (χ3v) is 3.41. The molecule has 0 radical (unpaired) electrons. The van der Waals surface area contributed by atoms with Gasteiger partial charge >= 0.3 is 0 Å². The van der Waals surface area contributed by atoms with Crippen LogP contribution < -0.4 is 11.0 Å². The fraction of sp³-hybridized carbons (Fsp3) is 0.214. The summed E-state index contributed by atoms with van der Waals surface area (Å²) >= 11 is 0. The van der Waals surface area contributed by atoms with E-state index in [4.69, 9.17) is 0 Å². The minimum atomic E-state index is -0.165. The van der Waals surface area contributed by atoms with Gasteiger partial charge in [-0.1, -0.05) is 6.07 Å². The number of nitrogens with zero attached hydrogens (tertiary/aromatic N) is 4. The first-order valence-electron chi connectivity index (χ1n) is 6.30. The van der Waals surface area contributed by atoms with Gasteiger partial charge in [0.1, 0.15) is 11.7 Å². The van der Waals surface area contributed by atoms with Crippen molar-refractivity contribution in [3.05, 3.63) is 52.2 Å². The highest BCUT2D eigenvalue weighted by atomic mass is 16.1. The number of benzene rings is 1. The predicted molar refractivity (Wildman–Crippen MR) is 77.7 cm³/mol. The molecule has 0 aliphatic heterocycles. The van der Waals surface area contributed by atoms with Crippen LogP contribution in [0, 0.1) is 13.8 Å². The molecule has 0 amide bonds. The molecule has 1 N–H and O–H groups in total. The van der Waals surface area contributed by atoms with Gasteiger partial charge in [-0.15, -0.1) is 0 Å². The van der Waals surface area contributed by atoms with Gasteiger partial charge in [0.15, 0.2) is 5.65 Å². The second-order valence-corrected chi connectivity index (χ2v) is 4.84. The molecule has 3 rings (SSSR count). The van der Waals surface area contributed by atoms with E-state index in [1.807, 2.05) is 25.1 Å². The second-order valence-electron chi connectivity index (χ2n) is 4.84. The van der Waals surface area contributed by atoms with Crippen LogP contribution in [0.25, 0.3) is 11.0 Å². The average molecular weight is 269 g/mol. The zero-order chi connectivity index (χ0) is 14.3. The minimum absolute atomic E-state index is 0.165. The van der Waals surface area contributed by atoms with Crippen LogP contribution in [0.3, 0.4) is 0 Å². The lowest BCUT2D eigenvalue weighted by atomic mass is 10.1. The summed E-state index contributed by atoms with van der Waals surface area (Å²) in [5.41, 5.74) is 6.68. The first-order chi connectivity index (χ1) is 9.56. The molecule has 6 nitrogen and oxygen atoms in total. The van der Waals surface area contributed by atoms with Crippen molar-refractivity contribution in [2.75, 3.05) is 5.43 Å². The van der Waals surface area contributed by atoms with Crippen LogP contribution >= 0.6 is 0 Å². The van der Waals surface area contributed by atoms with Crippen molar-refractivity contribution in [1.82, 2.24) is 19.4 Å². The maximum atomic E-state index is 12.3. The van der Waals surface area contributed by atoms with Gasteiger partial charge in [0.25, 0.3) is 5.56 Å². The lowest BCUT2D eigenvalue weighted by Gasteiger charge is -2.10. The van der Waals surface area contributed by atoms with Crippen LogP contribution in [-0.2, 0) is 7.05 Å². The Labute approximate surface area is 115 Å². The Balaban J connectivity index is 2.04. The summed E-state index contributed by atoms with van der Waals surface area (Å²) in [5, 5.41) is 4.54. The summed E-state index contributed by atoms with van der Waals surface area (Å²) in [6.07, 6.45) is 3.00. The molecule has 102 valence electrons. The monoisotopic (exact) mass is 269 g/mol. The standard InChI is InChI=1S/C14H15N5O/c1-9-4-5-11(6-10(9)2)17-19-8-15-13-12(14(19)20)7-16-18(13)3/h4-8,17H,1-3H3. The Kier molecular flexibility index (Phi) is 2.78. The fourth-order valence-corrected chi connectivity index (χ4v) is 2.06. The van der Waals surface area contributed by atoms with Crippen LogP contribution in [0.5, 0.6) is 0 Å². The maximum absolute atomic E-state index is 12.3. The van der Waals surface area contributed by atoms with Crippen LogP contribution in [0.2, 0.25) is 0 Å². The topological polar surface area (TPSA) is 64.7 Å². The molecule has 2 aromatic heterocycles. The predicted octanol–water partition coefficient (Wildman–Crippen LogP) is 1.62. The molecule has 0 spiro atoms. The van der Waals surface area contributed by atoms with Gasteiger partial charge in [0.05, 0.1) is 11.9 Å². The van der Waals surface area contributed by atoms with E-state index in [1.54, 1.807) is 11.7 Å². The zero-order valence-electron chi connectivity index (χ0n) is 11.6. The third-order valence-electron chi connectivity index (χ3n) is 3.41. The molecular formula is C14H15N5O. The Bertz CT molecular complexity index is 846. The highest BCUT2D eigenvalue weighted by Crippen LogP contribution is 2.14. The number of aryl methyl sites for hydroxylation is 3. The van der Waals surface area contributed by atoms with Crippen LogP contribution in [0.15, 0.2) is 35.5 Å². The lowest BCUT2D eigenvalue weighted by Crippen LogP contribution is -2.26. The number of hydrogen-bond donors (Lipinski definition) is 1. The maximum Gasteiger partial charge on any atom is 0.283 e. The Morgan fingerprint density at radius 3 is 2.75 bits per heavy atom. The highest BCUT2D eigenvalue weighted by molar-refractivity contribution is 5.72. The molecule has 1 aromatic carbocycles. The summed E-state index contributed by atoms with van der Waals surface area (Å²) in [5.74, 6) is 0. The molecule has 0 aliphatic rings. The van der Waals surface area contributed by atoms with E-state index in [0.717, 1.165) is 5.69 Å². The number of rotatable bonds is 2. The lowest BCUT2D eigenvalue weighted by molar-refractivity contribution is 0.779. The summed E-state index contributed by atoms with van der Waals surface area (Å²) in [4.78, 5) is 16.5. The van der Waals surface area contributed by atoms with E-state index < -0.39 is 0 Å². The van der Waals surface area contributed by atoms with Gasteiger partial charge in [0, 0.05) is 7.05 Å². The van der Waals surface area contributed by atoms with Gasteiger partial charge in [-0.2, -0.15) is 5.10 Å². The normalized spacial score (nSPS) is 10.9. The van der Waals surface area contributed by atoms with Crippen LogP contribution in [0.4, 0.5) is 5.69 Å². The first-order valence-corrected chi connectivity index (χ1v) is 6.30. The fourth-order valence-electron chi connectivity index (χ4n) is 2.06. The van der Waals surface area contributed by atoms with E-state index in [1.165, 1.54) is 28.3 Å². The molecule has 0 bridgehead atoms. The van der Waals surface area contributed by atoms with Gasteiger partial charge in [0.2, 0.25) is 0 Å². The summed E-state index contributed by atoms with van der Waals surface area (Å²) < 4.78 is 2.95. The SMILES string of the molecule is Cc1ccc(Nn2cnc3c(cnn3C)c2=O)cc1C. The highest BCUT2D eigenvalue weighted by Gasteiger charge is 2.08. The molecule has 6 heteroatoms. The molecule has 0 saturated heterocycles. The number of nitrogens with one attached hydrogen (secondary N) is 1. The van der Waals surface area contributed by atoms with Crippen molar-refractivity contribution in [2.45, 2.75) is 13.8 Å². The van der Waals surface area contributed by atoms with E-state index >= 15 is 0 Å². The molecule has 0 saturated carbocycles. The molecule has 0 unspecified atom stereocenters. The van der Waals surface area contributed by atoms with Crippen molar-refractivity contribution in [3.8, 4) is 0 Å². The average Bonchev–Trinajstić information content (AvgIpc) is 2.80.